The van der Waals surface area contributed by atoms with Gasteiger partial charge in [0.15, 0.2) is 0 Å². The lowest BCUT2D eigenvalue weighted by molar-refractivity contribution is -0.385. The molecule has 1 aliphatic heterocycles. The molecular weight excluding hydrogens is 342 g/mol. The highest BCUT2D eigenvalue weighted by atomic mass is 16.6. The second-order valence-corrected chi connectivity index (χ2v) is 6.92. The van der Waals surface area contributed by atoms with E-state index in [-0.39, 0.29) is 24.1 Å². The first-order valence-corrected chi connectivity index (χ1v) is 9.38. The molecule has 142 valence electrons. The maximum absolute atomic E-state index is 12.3. The third-order valence-electron chi connectivity index (χ3n) is 5.22. The molecular formula is C21H25N3O3. The predicted octanol–water partition coefficient (Wildman–Crippen LogP) is 3.09. The Labute approximate surface area is 159 Å². The standard InChI is InChI=1S/C21H25N3O3/c1-2-19(23-12-11-16-7-3-4-9-18(16)15-23)14-22-21(25)13-17-8-5-6-10-20(17)24(26)27/h3-10,19H,2,11-15H2,1H3,(H,22,25)/t19-/m1/s1. The zero-order valence-electron chi connectivity index (χ0n) is 15.6. The van der Waals surface area contributed by atoms with E-state index in [9.17, 15) is 14.9 Å². The monoisotopic (exact) mass is 367 g/mol. The molecule has 0 fully saturated rings. The number of nitro benzene ring substituents is 1. The highest BCUT2D eigenvalue weighted by Crippen LogP contribution is 2.21. The van der Waals surface area contributed by atoms with Gasteiger partial charge in [0.2, 0.25) is 5.91 Å². The summed E-state index contributed by atoms with van der Waals surface area (Å²) in [5.74, 6) is -0.180. The maximum atomic E-state index is 12.3. The van der Waals surface area contributed by atoms with Gasteiger partial charge in [-0.25, -0.2) is 0 Å². The van der Waals surface area contributed by atoms with E-state index < -0.39 is 4.92 Å². The van der Waals surface area contributed by atoms with Gasteiger partial charge in [0, 0.05) is 37.3 Å². The van der Waals surface area contributed by atoms with Gasteiger partial charge in [0.05, 0.1) is 11.3 Å². The second-order valence-electron chi connectivity index (χ2n) is 6.92. The van der Waals surface area contributed by atoms with E-state index >= 15 is 0 Å². The summed E-state index contributed by atoms with van der Waals surface area (Å²) in [6.07, 6.45) is 1.99. The maximum Gasteiger partial charge on any atom is 0.273 e. The Balaban J connectivity index is 1.57. The summed E-state index contributed by atoms with van der Waals surface area (Å²) in [5, 5.41) is 14.1. The van der Waals surface area contributed by atoms with E-state index in [1.54, 1.807) is 18.2 Å². The molecule has 0 aliphatic carbocycles. The molecule has 0 radical (unpaired) electrons. The third kappa shape index (κ3) is 4.71. The lowest BCUT2D eigenvalue weighted by Crippen LogP contribution is -2.46. The van der Waals surface area contributed by atoms with Crippen molar-refractivity contribution in [3.05, 3.63) is 75.3 Å². The topological polar surface area (TPSA) is 75.5 Å². The van der Waals surface area contributed by atoms with Crippen molar-refractivity contribution in [2.24, 2.45) is 0 Å². The lowest BCUT2D eigenvalue weighted by atomic mass is 9.98. The molecule has 1 aliphatic rings. The van der Waals surface area contributed by atoms with Crippen molar-refractivity contribution in [1.29, 1.82) is 0 Å². The molecule has 2 aromatic carbocycles. The zero-order chi connectivity index (χ0) is 19.2. The minimum atomic E-state index is -0.442. The van der Waals surface area contributed by atoms with Crippen LogP contribution in [0.5, 0.6) is 0 Å². The molecule has 2 aromatic rings. The zero-order valence-corrected chi connectivity index (χ0v) is 15.6. The van der Waals surface area contributed by atoms with Crippen molar-refractivity contribution in [2.45, 2.75) is 38.8 Å². The van der Waals surface area contributed by atoms with Gasteiger partial charge in [0.25, 0.3) is 5.69 Å². The van der Waals surface area contributed by atoms with Gasteiger partial charge in [-0.3, -0.25) is 19.8 Å². The number of para-hydroxylation sites is 1. The molecule has 6 heteroatoms. The van der Waals surface area contributed by atoms with Crippen LogP contribution < -0.4 is 5.32 Å². The van der Waals surface area contributed by atoms with Gasteiger partial charge in [-0.15, -0.1) is 0 Å². The molecule has 1 N–H and O–H groups in total. The Morgan fingerprint density at radius 2 is 1.89 bits per heavy atom. The van der Waals surface area contributed by atoms with Crippen molar-refractivity contribution >= 4 is 11.6 Å². The fourth-order valence-corrected chi connectivity index (χ4v) is 3.67. The van der Waals surface area contributed by atoms with Gasteiger partial charge >= 0.3 is 0 Å². The van der Waals surface area contributed by atoms with E-state index in [0.29, 0.717) is 12.1 Å². The Morgan fingerprint density at radius 1 is 1.19 bits per heavy atom. The van der Waals surface area contributed by atoms with Crippen molar-refractivity contribution in [3.63, 3.8) is 0 Å². The summed E-state index contributed by atoms with van der Waals surface area (Å²) in [6, 6.07) is 15.2. The first-order chi connectivity index (χ1) is 13.1. The molecule has 1 atom stereocenters. The molecule has 0 bridgehead atoms. The number of nitro groups is 1. The smallest absolute Gasteiger partial charge is 0.273 e. The summed E-state index contributed by atoms with van der Waals surface area (Å²) >= 11 is 0. The second kappa shape index (κ2) is 8.77. The number of benzene rings is 2. The van der Waals surface area contributed by atoms with Crippen molar-refractivity contribution in [2.75, 3.05) is 13.1 Å². The quantitative estimate of drug-likeness (QED) is 0.603. The van der Waals surface area contributed by atoms with Crippen LogP contribution in [-0.2, 0) is 24.2 Å². The number of carbonyl (C=O) groups excluding carboxylic acids is 1. The van der Waals surface area contributed by atoms with Crippen LogP contribution in [0.3, 0.4) is 0 Å². The Bertz CT molecular complexity index is 822. The molecule has 3 rings (SSSR count). The molecule has 0 spiro atoms. The van der Waals surface area contributed by atoms with Gasteiger partial charge in [-0.1, -0.05) is 49.4 Å². The molecule has 1 heterocycles. The highest BCUT2D eigenvalue weighted by molar-refractivity contribution is 5.79. The third-order valence-corrected chi connectivity index (χ3v) is 5.22. The van der Waals surface area contributed by atoms with Crippen LogP contribution in [0.4, 0.5) is 5.69 Å². The average Bonchev–Trinajstić information content (AvgIpc) is 2.68. The Kier molecular flexibility index (Phi) is 6.19. The first-order valence-electron chi connectivity index (χ1n) is 9.38. The number of hydrogen-bond donors (Lipinski definition) is 1. The largest absolute Gasteiger partial charge is 0.354 e. The molecule has 27 heavy (non-hydrogen) atoms. The van der Waals surface area contributed by atoms with Crippen LogP contribution in [0, 0.1) is 10.1 Å². The average molecular weight is 367 g/mol. The predicted molar refractivity (Wildman–Crippen MR) is 104 cm³/mol. The molecule has 0 unspecified atom stereocenters. The molecule has 0 saturated heterocycles. The normalized spacial score (nSPS) is 15.0. The van der Waals surface area contributed by atoms with Gasteiger partial charge in [0.1, 0.15) is 0 Å². The Morgan fingerprint density at radius 3 is 2.63 bits per heavy atom. The van der Waals surface area contributed by atoms with Crippen LogP contribution >= 0.6 is 0 Å². The van der Waals surface area contributed by atoms with E-state index in [2.05, 4.69) is 41.4 Å². The first kappa shape index (κ1) is 19.0. The fraction of sp³-hybridized carbons (Fsp3) is 0.381. The summed E-state index contributed by atoms with van der Waals surface area (Å²) in [4.78, 5) is 25.4. The number of nitrogens with zero attached hydrogens (tertiary/aromatic N) is 2. The van der Waals surface area contributed by atoms with Crippen molar-refractivity contribution in [3.8, 4) is 0 Å². The van der Waals surface area contributed by atoms with E-state index in [1.807, 2.05) is 0 Å². The summed E-state index contributed by atoms with van der Waals surface area (Å²) in [6.45, 7) is 4.56. The van der Waals surface area contributed by atoms with E-state index in [4.69, 9.17) is 0 Å². The van der Waals surface area contributed by atoms with Crippen molar-refractivity contribution in [1.82, 2.24) is 10.2 Å². The van der Waals surface area contributed by atoms with Crippen LogP contribution in [-0.4, -0.2) is 34.9 Å². The lowest BCUT2D eigenvalue weighted by Gasteiger charge is -2.35. The molecule has 1 amide bonds. The number of hydrogen-bond acceptors (Lipinski definition) is 4. The number of amides is 1. The minimum Gasteiger partial charge on any atom is -0.354 e. The number of rotatable bonds is 7. The fourth-order valence-electron chi connectivity index (χ4n) is 3.67. The van der Waals surface area contributed by atoms with Crippen LogP contribution in [0.1, 0.15) is 30.0 Å². The van der Waals surface area contributed by atoms with Crippen LogP contribution in [0.25, 0.3) is 0 Å². The van der Waals surface area contributed by atoms with Gasteiger partial charge in [-0.05, 0) is 24.0 Å². The van der Waals surface area contributed by atoms with Crippen LogP contribution in [0.2, 0.25) is 0 Å². The van der Waals surface area contributed by atoms with E-state index in [0.717, 1.165) is 25.9 Å². The summed E-state index contributed by atoms with van der Waals surface area (Å²) in [5.41, 5.74) is 3.20. The SMILES string of the molecule is CC[C@H](CNC(=O)Cc1ccccc1[N+](=O)[O-])N1CCc2ccccc2C1. The van der Waals surface area contributed by atoms with Gasteiger partial charge < -0.3 is 5.32 Å². The molecule has 0 saturated carbocycles. The van der Waals surface area contributed by atoms with Crippen LogP contribution in [0.15, 0.2) is 48.5 Å². The highest BCUT2D eigenvalue weighted by Gasteiger charge is 2.23. The summed E-state index contributed by atoms with van der Waals surface area (Å²) < 4.78 is 0. The number of nitrogens with one attached hydrogen (secondary N) is 1. The Hall–Kier alpha value is -2.73. The minimum absolute atomic E-state index is 0.00710. The van der Waals surface area contributed by atoms with Crippen molar-refractivity contribution < 1.29 is 9.72 Å². The van der Waals surface area contributed by atoms with Gasteiger partial charge in [-0.2, -0.15) is 0 Å². The van der Waals surface area contributed by atoms with E-state index in [1.165, 1.54) is 17.2 Å². The molecule has 0 aromatic heterocycles. The summed E-state index contributed by atoms with van der Waals surface area (Å²) in [7, 11) is 0. The number of carbonyl (C=O) groups is 1. The molecule has 6 nitrogen and oxygen atoms in total. The number of fused-ring (bicyclic) bond motifs is 1.